The van der Waals surface area contributed by atoms with E-state index in [4.69, 9.17) is 16.3 Å². The number of ether oxygens (including phenoxy) is 1. The fourth-order valence-electron chi connectivity index (χ4n) is 1.65. The summed E-state index contributed by atoms with van der Waals surface area (Å²) >= 11 is 5.93. The molecular weight excluding hydrogens is 300 g/mol. The summed E-state index contributed by atoms with van der Waals surface area (Å²) in [7, 11) is -1.99. The van der Waals surface area contributed by atoms with Crippen molar-refractivity contribution in [3.8, 4) is 5.75 Å². The molecule has 0 saturated heterocycles. The first-order valence-electron chi connectivity index (χ1n) is 6.27. The standard InChI is InChI=1S/C14H19ClO4S/c1-9(2)10(3)20(17,18)8-13(16)11-5-6-14(19-4)12(15)7-11/h5-7,9-10H,8H2,1-4H3. The van der Waals surface area contributed by atoms with E-state index >= 15 is 0 Å². The first kappa shape index (κ1) is 17.0. The average molecular weight is 319 g/mol. The Morgan fingerprint density at radius 3 is 2.35 bits per heavy atom. The van der Waals surface area contributed by atoms with Gasteiger partial charge in [0.1, 0.15) is 11.5 Å². The van der Waals surface area contributed by atoms with Gasteiger partial charge >= 0.3 is 0 Å². The summed E-state index contributed by atoms with van der Waals surface area (Å²) in [4.78, 5) is 12.1. The van der Waals surface area contributed by atoms with E-state index in [0.717, 1.165) is 0 Å². The summed E-state index contributed by atoms with van der Waals surface area (Å²) in [6.07, 6.45) is 0. The molecule has 0 N–H and O–H groups in total. The SMILES string of the molecule is COc1ccc(C(=O)CS(=O)(=O)C(C)C(C)C)cc1Cl. The van der Waals surface area contributed by atoms with Crippen LogP contribution in [0, 0.1) is 5.92 Å². The van der Waals surface area contributed by atoms with Crippen molar-refractivity contribution >= 4 is 27.2 Å². The average Bonchev–Trinajstić information content (AvgIpc) is 2.36. The van der Waals surface area contributed by atoms with Gasteiger partial charge in [-0.05, 0) is 31.0 Å². The molecule has 0 bridgehead atoms. The zero-order valence-corrected chi connectivity index (χ0v) is 13.6. The minimum Gasteiger partial charge on any atom is -0.495 e. The number of rotatable bonds is 6. The van der Waals surface area contributed by atoms with E-state index in [-0.39, 0.29) is 16.5 Å². The molecule has 1 unspecified atom stereocenters. The molecule has 0 fully saturated rings. The van der Waals surface area contributed by atoms with Crippen molar-refractivity contribution in [2.45, 2.75) is 26.0 Å². The van der Waals surface area contributed by atoms with Crippen LogP contribution in [-0.4, -0.2) is 32.3 Å². The van der Waals surface area contributed by atoms with Crippen LogP contribution in [0.15, 0.2) is 18.2 Å². The number of ketones is 1. The molecule has 0 amide bonds. The number of sulfone groups is 1. The summed E-state index contributed by atoms with van der Waals surface area (Å²) in [5, 5.41) is -0.271. The Balaban J connectivity index is 2.95. The summed E-state index contributed by atoms with van der Waals surface area (Å²) in [5.41, 5.74) is 0.273. The molecule has 0 heterocycles. The molecule has 112 valence electrons. The number of halogens is 1. The third-order valence-corrected chi connectivity index (χ3v) is 5.95. The Morgan fingerprint density at radius 1 is 1.30 bits per heavy atom. The van der Waals surface area contributed by atoms with E-state index in [2.05, 4.69) is 0 Å². The van der Waals surface area contributed by atoms with Crippen LogP contribution in [-0.2, 0) is 9.84 Å². The second kappa shape index (κ2) is 6.59. The van der Waals surface area contributed by atoms with Gasteiger partial charge in [0.25, 0.3) is 0 Å². The predicted molar refractivity (Wildman–Crippen MR) is 80.4 cm³/mol. The zero-order valence-electron chi connectivity index (χ0n) is 12.0. The fourth-order valence-corrected chi connectivity index (χ4v) is 3.53. The highest BCUT2D eigenvalue weighted by molar-refractivity contribution is 7.92. The molecule has 1 aromatic rings. The Hall–Kier alpha value is -1.07. The largest absolute Gasteiger partial charge is 0.495 e. The van der Waals surface area contributed by atoms with Crippen LogP contribution < -0.4 is 4.74 Å². The normalized spacial score (nSPS) is 13.3. The summed E-state index contributed by atoms with van der Waals surface area (Å²) in [6.45, 7) is 5.25. The minimum atomic E-state index is -3.46. The van der Waals surface area contributed by atoms with Crippen LogP contribution in [0.2, 0.25) is 5.02 Å². The third kappa shape index (κ3) is 3.96. The lowest BCUT2D eigenvalue weighted by Gasteiger charge is -2.15. The molecule has 4 nitrogen and oxygen atoms in total. The first-order chi connectivity index (χ1) is 9.19. The molecule has 0 aliphatic carbocycles. The van der Waals surface area contributed by atoms with Gasteiger partial charge < -0.3 is 4.74 Å². The maximum Gasteiger partial charge on any atom is 0.177 e. The van der Waals surface area contributed by atoms with Crippen molar-refractivity contribution in [2.75, 3.05) is 12.9 Å². The number of Topliss-reactive ketones (excluding diaryl/α,β-unsaturated/α-hetero) is 1. The van der Waals surface area contributed by atoms with Gasteiger partial charge in [0.05, 0.1) is 17.4 Å². The molecule has 1 atom stereocenters. The van der Waals surface area contributed by atoms with E-state index in [1.807, 2.05) is 13.8 Å². The van der Waals surface area contributed by atoms with Gasteiger partial charge in [-0.15, -0.1) is 0 Å². The second-order valence-electron chi connectivity index (χ2n) is 5.03. The highest BCUT2D eigenvalue weighted by atomic mass is 35.5. The van der Waals surface area contributed by atoms with Crippen molar-refractivity contribution in [3.63, 3.8) is 0 Å². The van der Waals surface area contributed by atoms with Crippen molar-refractivity contribution < 1.29 is 17.9 Å². The monoisotopic (exact) mass is 318 g/mol. The number of hydrogen-bond acceptors (Lipinski definition) is 4. The predicted octanol–water partition coefficient (Wildman–Crippen LogP) is 2.99. The number of hydrogen-bond donors (Lipinski definition) is 0. The molecule has 1 aromatic carbocycles. The fraction of sp³-hybridized carbons (Fsp3) is 0.500. The van der Waals surface area contributed by atoms with Crippen LogP contribution in [0.4, 0.5) is 0 Å². The lowest BCUT2D eigenvalue weighted by Crippen LogP contribution is -2.29. The quantitative estimate of drug-likeness (QED) is 0.756. The first-order valence-corrected chi connectivity index (χ1v) is 8.36. The minimum absolute atomic E-state index is 0.0349. The van der Waals surface area contributed by atoms with Gasteiger partial charge in [0, 0.05) is 5.56 Å². The Labute approximate surface area is 125 Å². The van der Waals surface area contributed by atoms with Gasteiger partial charge in [-0.2, -0.15) is 0 Å². The number of carbonyl (C=O) groups is 1. The molecule has 1 rings (SSSR count). The molecule has 0 spiro atoms. The molecular formula is C14H19ClO4S. The maximum absolute atomic E-state index is 12.1. The highest BCUT2D eigenvalue weighted by Gasteiger charge is 2.27. The van der Waals surface area contributed by atoms with Crippen LogP contribution >= 0.6 is 11.6 Å². The molecule has 0 aliphatic heterocycles. The highest BCUT2D eigenvalue weighted by Crippen LogP contribution is 2.25. The molecule has 6 heteroatoms. The van der Waals surface area contributed by atoms with E-state index in [1.54, 1.807) is 13.0 Å². The van der Waals surface area contributed by atoms with E-state index in [1.165, 1.54) is 19.2 Å². The Kier molecular flexibility index (Phi) is 5.59. The lowest BCUT2D eigenvalue weighted by molar-refractivity contribution is 0.102. The smallest absolute Gasteiger partial charge is 0.177 e. The second-order valence-corrected chi connectivity index (χ2v) is 7.79. The van der Waals surface area contributed by atoms with Gasteiger partial charge in [-0.1, -0.05) is 25.4 Å². The summed E-state index contributed by atoms with van der Waals surface area (Å²) in [5.74, 6) is -0.550. The molecule has 0 aromatic heterocycles. The van der Waals surface area contributed by atoms with Gasteiger partial charge in [0.15, 0.2) is 15.6 Å². The summed E-state index contributed by atoms with van der Waals surface area (Å²) < 4.78 is 29.2. The Bertz CT molecular complexity index is 593. The van der Waals surface area contributed by atoms with E-state index in [0.29, 0.717) is 5.75 Å². The van der Waals surface area contributed by atoms with E-state index in [9.17, 15) is 13.2 Å². The number of methoxy groups -OCH3 is 1. The maximum atomic E-state index is 12.1. The summed E-state index contributed by atoms with van der Waals surface area (Å²) in [6, 6.07) is 4.49. The van der Waals surface area contributed by atoms with Crippen LogP contribution in [0.5, 0.6) is 5.75 Å². The zero-order chi connectivity index (χ0) is 15.5. The van der Waals surface area contributed by atoms with E-state index < -0.39 is 26.6 Å². The van der Waals surface area contributed by atoms with Crippen LogP contribution in [0.3, 0.4) is 0 Å². The van der Waals surface area contributed by atoms with Gasteiger partial charge in [-0.3, -0.25) is 4.79 Å². The number of benzene rings is 1. The van der Waals surface area contributed by atoms with Crippen molar-refractivity contribution in [1.29, 1.82) is 0 Å². The van der Waals surface area contributed by atoms with Crippen molar-refractivity contribution in [2.24, 2.45) is 5.92 Å². The topological polar surface area (TPSA) is 60.4 Å². The molecule has 0 radical (unpaired) electrons. The molecule has 0 aliphatic rings. The Morgan fingerprint density at radius 2 is 1.90 bits per heavy atom. The molecule has 20 heavy (non-hydrogen) atoms. The van der Waals surface area contributed by atoms with Crippen molar-refractivity contribution in [1.82, 2.24) is 0 Å². The van der Waals surface area contributed by atoms with Gasteiger partial charge in [-0.25, -0.2) is 8.42 Å². The molecule has 0 saturated carbocycles. The number of carbonyl (C=O) groups excluding carboxylic acids is 1. The third-order valence-electron chi connectivity index (χ3n) is 3.31. The van der Waals surface area contributed by atoms with Crippen molar-refractivity contribution in [3.05, 3.63) is 28.8 Å². The lowest BCUT2D eigenvalue weighted by atomic mass is 10.1. The van der Waals surface area contributed by atoms with Gasteiger partial charge in [0.2, 0.25) is 0 Å². The van der Waals surface area contributed by atoms with Crippen LogP contribution in [0.25, 0.3) is 0 Å². The van der Waals surface area contributed by atoms with Crippen LogP contribution in [0.1, 0.15) is 31.1 Å².